The molecule has 3 rings (SSSR count). The number of aromatic nitrogens is 2. The van der Waals surface area contributed by atoms with Crippen molar-refractivity contribution in [1.29, 1.82) is 0 Å². The van der Waals surface area contributed by atoms with E-state index in [4.69, 9.17) is 9.47 Å². The Labute approximate surface area is 122 Å². The van der Waals surface area contributed by atoms with Crippen LogP contribution in [0.3, 0.4) is 0 Å². The fourth-order valence-electron chi connectivity index (χ4n) is 3.26. The molecule has 6 heteroatoms. The monoisotopic (exact) mass is 294 g/mol. The van der Waals surface area contributed by atoms with E-state index in [0.717, 1.165) is 17.9 Å². The first-order chi connectivity index (χ1) is 9.68. The van der Waals surface area contributed by atoms with Gasteiger partial charge in [0.1, 0.15) is 11.2 Å². The molecule has 0 radical (unpaired) electrons. The predicted octanol–water partition coefficient (Wildman–Crippen LogP) is 1.95. The van der Waals surface area contributed by atoms with Gasteiger partial charge < -0.3 is 9.47 Å². The first-order valence-electron chi connectivity index (χ1n) is 6.79. The lowest BCUT2D eigenvalue weighted by Gasteiger charge is -2.36. The zero-order valence-electron chi connectivity index (χ0n) is 11.7. The molecule has 0 N–H and O–H groups in total. The molecule has 0 aromatic carbocycles. The normalized spacial score (nSPS) is 32.1. The minimum Gasteiger partial charge on any atom is -0.468 e. The van der Waals surface area contributed by atoms with E-state index in [0.29, 0.717) is 18.7 Å². The van der Waals surface area contributed by atoms with E-state index in [1.54, 1.807) is 18.0 Å². The quantitative estimate of drug-likeness (QED) is 0.482. The highest BCUT2D eigenvalue weighted by molar-refractivity contribution is 7.98. The molecule has 2 bridgehead atoms. The number of ether oxygens (including phenoxy) is 2. The molecule has 2 atom stereocenters. The lowest BCUT2D eigenvalue weighted by molar-refractivity contribution is -0.155. The fraction of sp³-hybridized carbons (Fsp3) is 0.643. The van der Waals surface area contributed by atoms with Crippen LogP contribution in [-0.4, -0.2) is 41.5 Å². The molecule has 5 nitrogen and oxygen atoms in total. The summed E-state index contributed by atoms with van der Waals surface area (Å²) in [6.07, 6.45) is 7.17. The molecule has 2 unspecified atom stereocenters. The standard InChI is InChI=1S/C14H18N2O3S/c1-18-13(17)14(7-9-3-4-10(8-14)19-9)12-15-6-5-11(16-12)20-2/h5-6,9-10H,3-4,7-8H2,1-2H3. The third-order valence-corrected chi connectivity index (χ3v) is 4.84. The Kier molecular flexibility index (Phi) is 3.69. The topological polar surface area (TPSA) is 61.3 Å². The van der Waals surface area contributed by atoms with Crippen LogP contribution < -0.4 is 0 Å². The maximum absolute atomic E-state index is 12.4. The van der Waals surface area contributed by atoms with E-state index in [1.807, 2.05) is 12.3 Å². The molecule has 1 aromatic rings. The zero-order chi connectivity index (χ0) is 14.2. The first kappa shape index (κ1) is 13.8. The molecule has 108 valence electrons. The van der Waals surface area contributed by atoms with Crippen LogP contribution in [0.1, 0.15) is 31.5 Å². The number of rotatable bonds is 3. The SMILES string of the molecule is COC(=O)C1(c2nccc(SC)n2)CC2CCC(C1)O2. The van der Waals surface area contributed by atoms with Crippen LogP contribution in [0.15, 0.2) is 17.3 Å². The average molecular weight is 294 g/mol. The average Bonchev–Trinajstić information content (AvgIpc) is 2.85. The Balaban J connectivity index is 2.03. The van der Waals surface area contributed by atoms with Gasteiger partial charge in [-0.3, -0.25) is 4.79 Å². The minimum absolute atomic E-state index is 0.120. The first-order valence-corrected chi connectivity index (χ1v) is 8.02. The third-order valence-electron chi connectivity index (χ3n) is 4.19. The summed E-state index contributed by atoms with van der Waals surface area (Å²) in [4.78, 5) is 21.4. The number of thioether (sulfide) groups is 1. The molecule has 0 amide bonds. The van der Waals surface area contributed by atoms with Crippen LogP contribution in [0.4, 0.5) is 0 Å². The van der Waals surface area contributed by atoms with Gasteiger partial charge in [-0.1, -0.05) is 0 Å². The second kappa shape index (κ2) is 5.33. The van der Waals surface area contributed by atoms with E-state index in [-0.39, 0.29) is 18.2 Å². The molecule has 2 aliphatic heterocycles. The van der Waals surface area contributed by atoms with E-state index in [1.165, 1.54) is 7.11 Å². The predicted molar refractivity (Wildman–Crippen MR) is 74.6 cm³/mol. The van der Waals surface area contributed by atoms with E-state index >= 15 is 0 Å². The molecule has 0 aliphatic carbocycles. The molecule has 0 saturated carbocycles. The van der Waals surface area contributed by atoms with E-state index in [9.17, 15) is 4.79 Å². The molecule has 20 heavy (non-hydrogen) atoms. The van der Waals surface area contributed by atoms with Crippen molar-refractivity contribution in [3.63, 3.8) is 0 Å². The van der Waals surface area contributed by atoms with Crippen LogP contribution >= 0.6 is 11.8 Å². The summed E-state index contributed by atoms with van der Waals surface area (Å²) in [6.45, 7) is 0. The second-order valence-electron chi connectivity index (χ2n) is 5.36. The van der Waals surface area contributed by atoms with Crippen molar-refractivity contribution in [2.24, 2.45) is 0 Å². The van der Waals surface area contributed by atoms with E-state index in [2.05, 4.69) is 9.97 Å². The number of esters is 1. The van der Waals surface area contributed by atoms with Crippen LogP contribution in [0.2, 0.25) is 0 Å². The lowest BCUT2D eigenvalue weighted by atomic mass is 9.76. The van der Waals surface area contributed by atoms with Gasteiger partial charge in [-0.2, -0.15) is 0 Å². The Bertz CT molecular complexity index is 511. The van der Waals surface area contributed by atoms with Gasteiger partial charge in [0.2, 0.25) is 0 Å². The maximum atomic E-state index is 12.4. The number of hydrogen-bond donors (Lipinski definition) is 0. The fourth-order valence-corrected chi connectivity index (χ4v) is 3.64. The summed E-state index contributed by atoms with van der Waals surface area (Å²) in [7, 11) is 1.43. The van der Waals surface area contributed by atoms with Gasteiger partial charge in [0.05, 0.1) is 24.3 Å². The summed E-state index contributed by atoms with van der Waals surface area (Å²) in [6, 6.07) is 1.85. The molecule has 0 spiro atoms. The maximum Gasteiger partial charge on any atom is 0.319 e. The molecule has 1 aromatic heterocycles. The van der Waals surface area contributed by atoms with Gasteiger partial charge in [0.25, 0.3) is 0 Å². The van der Waals surface area contributed by atoms with Gasteiger partial charge in [-0.15, -0.1) is 11.8 Å². The Morgan fingerprint density at radius 2 is 2.15 bits per heavy atom. The van der Waals surface area contributed by atoms with Crippen LogP contribution in [0.5, 0.6) is 0 Å². The number of hydrogen-bond acceptors (Lipinski definition) is 6. The van der Waals surface area contributed by atoms with Crippen molar-refractivity contribution in [2.75, 3.05) is 13.4 Å². The number of carbonyl (C=O) groups is 1. The van der Waals surface area contributed by atoms with Gasteiger partial charge in [-0.25, -0.2) is 9.97 Å². The van der Waals surface area contributed by atoms with E-state index < -0.39 is 5.41 Å². The molecular formula is C14H18N2O3S. The van der Waals surface area contributed by atoms with Gasteiger partial charge in [0.15, 0.2) is 0 Å². The van der Waals surface area contributed by atoms with Crippen molar-refractivity contribution in [1.82, 2.24) is 9.97 Å². The minimum atomic E-state index is -0.745. The number of carbonyl (C=O) groups excluding carboxylic acids is 1. The molecule has 2 aliphatic rings. The highest BCUT2D eigenvalue weighted by Gasteiger charge is 2.53. The number of methoxy groups -OCH3 is 1. The summed E-state index contributed by atoms with van der Waals surface area (Å²) < 4.78 is 10.9. The second-order valence-corrected chi connectivity index (χ2v) is 6.19. The van der Waals surface area contributed by atoms with Crippen molar-refractivity contribution in [3.05, 3.63) is 18.1 Å². The summed E-state index contributed by atoms with van der Waals surface area (Å²) in [5, 5.41) is 0.872. The van der Waals surface area contributed by atoms with Crippen LogP contribution in [-0.2, 0) is 19.7 Å². The van der Waals surface area contributed by atoms with Crippen molar-refractivity contribution in [2.45, 2.75) is 48.3 Å². The molecule has 2 fully saturated rings. The summed E-state index contributed by atoms with van der Waals surface area (Å²) in [5.74, 6) is 0.340. The smallest absolute Gasteiger partial charge is 0.319 e. The Hall–Kier alpha value is -1.14. The Morgan fingerprint density at radius 3 is 2.75 bits per heavy atom. The van der Waals surface area contributed by atoms with Crippen molar-refractivity contribution < 1.29 is 14.3 Å². The summed E-state index contributed by atoms with van der Waals surface area (Å²) in [5.41, 5.74) is -0.745. The molecule has 2 saturated heterocycles. The highest BCUT2D eigenvalue weighted by atomic mass is 32.2. The van der Waals surface area contributed by atoms with Gasteiger partial charge in [0, 0.05) is 6.20 Å². The zero-order valence-corrected chi connectivity index (χ0v) is 12.5. The van der Waals surface area contributed by atoms with Crippen LogP contribution in [0.25, 0.3) is 0 Å². The summed E-state index contributed by atoms with van der Waals surface area (Å²) >= 11 is 1.55. The highest BCUT2D eigenvalue weighted by Crippen LogP contribution is 2.45. The lowest BCUT2D eigenvalue weighted by Crippen LogP contribution is -2.47. The molecular weight excluding hydrogens is 276 g/mol. The molecule has 3 heterocycles. The van der Waals surface area contributed by atoms with Crippen LogP contribution in [0, 0.1) is 0 Å². The Morgan fingerprint density at radius 1 is 1.45 bits per heavy atom. The largest absolute Gasteiger partial charge is 0.468 e. The number of fused-ring (bicyclic) bond motifs is 2. The van der Waals surface area contributed by atoms with Crippen molar-refractivity contribution in [3.8, 4) is 0 Å². The number of nitrogens with zero attached hydrogens (tertiary/aromatic N) is 2. The van der Waals surface area contributed by atoms with Crippen molar-refractivity contribution >= 4 is 17.7 Å². The third kappa shape index (κ3) is 2.20. The van der Waals surface area contributed by atoms with Gasteiger partial charge >= 0.3 is 5.97 Å². The van der Waals surface area contributed by atoms with Gasteiger partial charge in [-0.05, 0) is 38.0 Å².